The molecule has 0 bridgehead atoms. The van der Waals surface area contributed by atoms with Crippen molar-refractivity contribution in [2.45, 2.75) is 27.2 Å². The number of aromatic nitrogens is 2. The molecule has 0 aliphatic heterocycles. The van der Waals surface area contributed by atoms with Gasteiger partial charge in [-0.3, -0.25) is 9.59 Å². The number of ketones is 1. The number of ether oxygens (including phenoxy) is 2. The Kier molecular flexibility index (Phi) is 5.63. The van der Waals surface area contributed by atoms with Crippen LogP contribution in [0.5, 0.6) is 0 Å². The molecule has 0 aliphatic rings. The maximum Gasteiger partial charge on any atom is 0.340 e. The summed E-state index contributed by atoms with van der Waals surface area (Å²) in [5.74, 6) is -1.53. The van der Waals surface area contributed by atoms with Gasteiger partial charge in [-0.25, -0.2) is 4.79 Å². The summed E-state index contributed by atoms with van der Waals surface area (Å²) in [4.78, 5) is 43.1. The molecule has 3 rings (SSSR count). The summed E-state index contributed by atoms with van der Waals surface area (Å²) in [7, 11) is 0. The molecule has 3 aromatic rings. The van der Waals surface area contributed by atoms with E-state index >= 15 is 0 Å². The Bertz CT molecular complexity index is 1040. The summed E-state index contributed by atoms with van der Waals surface area (Å²) in [5, 5.41) is 0.937. The van der Waals surface area contributed by atoms with E-state index < -0.39 is 24.3 Å². The van der Waals surface area contributed by atoms with E-state index in [1.807, 2.05) is 24.3 Å². The van der Waals surface area contributed by atoms with Crippen LogP contribution < -0.4 is 0 Å². The topological polar surface area (TPSA) is 101 Å². The molecule has 0 fully saturated rings. The van der Waals surface area contributed by atoms with Gasteiger partial charge in [0.1, 0.15) is 0 Å². The van der Waals surface area contributed by atoms with Crippen molar-refractivity contribution in [3.8, 4) is 0 Å². The first kappa shape index (κ1) is 19.4. The van der Waals surface area contributed by atoms with E-state index in [1.54, 1.807) is 27.0 Å². The quantitative estimate of drug-likeness (QED) is 0.482. The van der Waals surface area contributed by atoms with Crippen LogP contribution in [0.1, 0.15) is 44.6 Å². The molecular weight excluding hydrogens is 360 g/mol. The highest BCUT2D eigenvalue weighted by atomic mass is 16.5. The van der Waals surface area contributed by atoms with Crippen molar-refractivity contribution in [1.82, 2.24) is 9.97 Å². The second-order valence-corrected chi connectivity index (χ2v) is 6.47. The van der Waals surface area contributed by atoms with Crippen LogP contribution in [-0.2, 0) is 20.7 Å². The van der Waals surface area contributed by atoms with Crippen molar-refractivity contribution in [3.05, 3.63) is 58.5 Å². The molecule has 2 aromatic heterocycles. The Morgan fingerprint density at radius 3 is 2.46 bits per heavy atom. The zero-order valence-electron chi connectivity index (χ0n) is 16.0. The molecule has 7 nitrogen and oxygen atoms in total. The average molecular weight is 382 g/mol. The van der Waals surface area contributed by atoms with E-state index in [9.17, 15) is 14.4 Å². The smallest absolute Gasteiger partial charge is 0.340 e. The second kappa shape index (κ2) is 8.12. The summed E-state index contributed by atoms with van der Waals surface area (Å²) >= 11 is 0. The lowest BCUT2D eigenvalue weighted by atomic mass is 10.1. The number of esters is 2. The van der Waals surface area contributed by atoms with Crippen LogP contribution in [0.2, 0.25) is 0 Å². The van der Waals surface area contributed by atoms with E-state index in [0.29, 0.717) is 11.4 Å². The van der Waals surface area contributed by atoms with Gasteiger partial charge in [0.25, 0.3) is 0 Å². The molecule has 0 radical (unpaired) electrons. The van der Waals surface area contributed by atoms with Gasteiger partial charge in [-0.2, -0.15) is 0 Å². The molecule has 0 unspecified atom stereocenters. The lowest BCUT2D eigenvalue weighted by Gasteiger charge is -2.07. The van der Waals surface area contributed by atoms with Crippen molar-refractivity contribution in [2.75, 3.05) is 13.2 Å². The van der Waals surface area contributed by atoms with E-state index in [0.717, 1.165) is 16.5 Å². The van der Waals surface area contributed by atoms with Crippen LogP contribution >= 0.6 is 0 Å². The van der Waals surface area contributed by atoms with Crippen LogP contribution in [0.25, 0.3) is 10.9 Å². The first-order chi connectivity index (χ1) is 13.4. The first-order valence-electron chi connectivity index (χ1n) is 9.02. The zero-order chi connectivity index (χ0) is 20.3. The molecule has 28 heavy (non-hydrogen) atoms. The van der Waals surface area contributed by atoms with E-state index in [-0.39, 0.29) is 24.2 Å². The minimum absolute atomic E-state index is 0.0488. The third-order valence-electron chi connectivity index (χ3n) is 4.51. The Morgan fingerprint density at radius 2 is 1.71 bits per heavy atom. The third kappa shape index (κ3) is 3.83. The van der Waals surface area contributed by atoms with E-state index in [4.69, 9.17) is 9.47 Å². The molecule has 2 N–H and O–H groups in total. The number of rotatable bonds is 7. The predicted molar refractivity (Wildman–Crippen MR) is 104 cm³/mol. The van der Waals surface area contributed by atoms with Crippen molar-refractivity contribution < 1.29 is 23.9 Å². The molecule has 0 amide bonds. The summed E-state index contributed by atoms with van der Waals surface area (Å²) in [5.41, 5.74) is 3.21. The summed E-state index contributed by atoms with van der Waals surface area (Å²) in [6.45, 7) is 4.85. The Balaban J connectivity index is 1.69. The monoisotopic (exact) mass is 382 g/mol. The normalized spacial score (nSPS) is 10.8. The van der Waals surface area contributed by atoms with Crippen LogP contribution in [-0.4, -0.2) is 40.9 Å². The fourth-order valence-corrected chi connectivity index (χ4v) is 3.29. The number of aryl methyl sites for hydroxylation is 2. The highest BCUT2D eigenvalue weighted by Crippen LogP contribution is 2.21. The van der Waals surface area contributed by atoms with Crippen LogP contribution in [0.3, 0.4) is 0 Å². The van der Waals surface area contributed by atoms with Gasteiger partial charge in [0, 0.05) is 28.5 Å². The van der Waals surface area contributed by atoms with Crippen molar-refractivity contribution in [3.63, 3.8) is 0 Å². The van der Waals surface area contributed by atoms with Gasteiger partial charge < -0.3 is 19.4 Å². The average Bonchev–Trinajstić information content (AvgIpc) is 3.20. The molecule has 1 aromatic carbocycles. The number of Topliss-reactive ketones (excluding diaryl/α,β-unsaturated/α-hetero) is 1. The molecule has 0 spiro atoms. The highest BCUT2D eigenvalue weighted by Gasteiger charge is 2.26. The number of nitrogens with one attached hydrogen (secondary N) is 2. The number of carbonyl (C=O) groups excluding carboxylic acids is 3. The lowest BCUT2D eigenvalue weighted by molar-refractivity contribution is -0.141. The number of para-hydroxylation sites is 1. The summed E-state index contributed by atoms with van der Waals surface area (Å²) in [6, 6.07) is 7.63. The molecule has 2 heterocycles. The Morgan fingerprint density at radius 1 is 1.00 bits per heavy atom. The molecule has 7 heteroatoms. The second-order valence-electron chi connectivity index (χ2n) is 6.47. The van der Waals surface area contributed by atoms with Gasteiger partial charge in [0.2, 0.25) is 5.78 Å². The minimum Gasteiger partial charge on any atom is -0.462 e. The highest BCUT2D eigenvalue weighted by molar-refractivity contribution is 6.09. The Hall–Kier alpha value is -3.35. The van der Waals surface area contributed by atoms with Crippen molar-refractivity contribution in [2.24, 2.45) is 0 Å². The molecule has 146 valence electrons. The zero-order valence-corrected chi connectivity index (χ0v) is 16.0. The van der Waals surface area contributed by atoms with Crippen LogP contribution in [0, 0.1) is 13.8 Å². The number of H-pyrrole nitrogens is 2. The molecule has 0 atom stereocenters. The van der Waals surface area contributed by atoms with Gasteiger partial charge in [-0.05, 0) is 32.4 Å². The fourth-order valence-electron chi connectivity index (χ4n) is 3.29. The summed E-state index contributed by atoms with van der Waals surface area (Å²) in [6.07, 6.45) is 1.81. The predicted octanol–water partition coefficient (Wildman–Crippen LogP) is 3.26. The van der Waals surface area contributed by atoms with Gasteiger partial charge in [0.15, 0.2) is 6.61 Å². The number of fused-ring (bicyclic) bond motifs is 1. The van der Waals surface area contributed by atoms with Crippen molar-refractivity contribution >= 4 is 28.6 Å². The van der Waals surface area contributed by atoms with Gasteiger partial charge in [-0.1, -0.05) is 18.2 Å². The van der Waals surface area contributed by atoms with Gasteiger partial charge in [0.05, 0.1) is 24.2 Å². The number of hydrogen-bond donors (Lipinski definition) is 2. The molecule has 0 saturated heterocycles. The third-order valence-corrected chi connectivity index (χ3v) is 4.51. The van der Waals surface area contributed by atoms with Crippen molar-refractivity contribution in [1.29, 1.82) is 0 Å². The number of benzene rings is 1. The Labute approximate surface area is 162 Å². The van der Waals surface area contributed by atoms with Gasteiger partial charge in [-0.15, -0.1) is 0 Å². The first-order valence-corrected chi connectivity index (χ1v) is 9.02. The molecule has 0 aliphatic carbocycles. The lowest BCUT2D eigenvalue weighted by Crippen LogP contribution is -2.19. The van der Waals surface area contributed by atoms with E-state index in [1.165, 1.54) is 0 Å². The largest absolute Gasteiger partial charge is 0.462 e. The summed E-state index contributed by atoms with van der Waals surface area (Å²) < 4.78 is 10.2. The van der Waals surface area contributed by atoms with Crippen LogP contribution in [0.4, 0.5) is 0 Å². The van der Waals surface area contributed by atoms with Gasteiger partial charge >= 0.3 is 11.9 Å². The number of carbonyl (C=O) groups is 3. The standard InChI is InChI=1S/C21H22N2O5/c1-4-27-21(26)20-13(3)23-12(2)19(20)17(24)11-28-18(25)9-14-10-22-16-8-6-5-7-15(14)16/h5-8,10,22-23H,4,9,11H2,1-3H3. The molecular formula is C21H22N2O5. The number of aromatic amines is 2. The van der Waals surface area contributed by atoms with E-state index in [2.05, 4.69) is 9.97 Å². The minimum atomic E-state index is -0.571. The fraction of sp³-hybridized carbons (Fsp3) is 0.286. The SMILES string of the molecule is CCOC(=O)c1c(C)[nH]c(C)c1C(=O)COC(=O)Cc1c[nH]c2ccccc12. The number of hydrogen-bond acceptors (Lipinski definition) is 5. The molecule has 0 saturated carbocycles. The maximum atomic E-state index is 12.6. The maximum absolute atomic E-state index is 12.6. The van der Waals surface area contributed by atoms with Crippen LogP contribution in [0.15, 0.2) is 30.5 Å².